The van der Waals surface area contributed by atoms with E-state index in [1.165, 1.54) is 25.7 Å². The molecule has 3 N–H and O–H groups in total. The Hall–Kier alpha value is -1.30. The Bertz CT molecular complexity index is 467. The molecule has 0 spiro atoms. The molecule has 0 amide bonds. The second kappa shape index (κ2) is 13.0. The largest absolute Gasteiger partial charge is 0.493 e. The molecule has 1 aromatic rings. The number of quaternary nitrogens is 1. The Labute approximate surface area is 152 Å². The van der Waals surface area contributed by atoms with Gasteiger partial charge in [0.25, 0.3) is 0 Å². The molecule has 0 heterocycles. The van der Waals surface area contributed by atoms with E-state index in [9.17, 15) is 5.11 Å². The van der Waals surface area contributed by atoms with Crippen LogP contribution in [0.2, 0.25) is 0 Å². The van der Waals surface area contributed by atoms with Crippen molar-refractivity contribution < 1.29 is 24.6 Å². The minimum atomic E-state index is -0.441. The highest BCUT2D eigenvalue weighted by Crippen LogP contribution is 2.27. The molecule has 0 fully saturated rings. The maximum absolute atomic E-state index is 10.1. The Morgan fingerprint density at radius 2 is 1.84 bits per heavy atom. The van der Waals surface area contributed by atoms with Gasteiger partial charge in [-0.25, -0.2) is 0 Å². The number of methoxy groups -OCH3 is 2. The topological polar surface area (TPSA) is 64.5 Å². The zero-order valence-electron chi connectivity index (χ0n) is 16.3. The van der Waals surface area contributed by atoms with Gasteiger partial charge in [0.05, 0.1) is 34.0 Å². The third-order valence-electron chi connectivity index (χ3n) is 4.51. The summed E-state index contributed by atoms with van der Waals surface area (Å²) in [6.07, 6.45) is 4.60. The molecule has 2 atom stereocenters. The Morgan fingerprint density at radius 1 is 1.08 bits per heavy atom. The van der Waals surface area contributed by atoms with Gasteiger partial charge in [0, 0.05) is 5.92 Å². The van der Waals surface area contributed by atoms with Gasteiger partial charge in [0.1, 0.15) is 12.6 Å². The van der Waals surface area contributed by atoms with Crippen molar-refractivity contribution in [3.8, 4) is 11.5 Å². The van der Waals surface area contributed by atoms with Gasteiger partial charge in [-0.2, -0.15) is 0 Å². The zero-order chi connectivity index (χ0) is 18.5. The van der Waals surface area contributed by atoms with Crippen molar-refractivity contribution in [1.29, 1.82) is 0 Å². The molecule has 0 unspecified atom stereocenters. The second-order valence-electron chi connectivity index (χ2n) is 6.53. The minimum absolute atomic E-state index is 0.344. The van der Waals surface area contributed by atoms with E-state index < -0.39 is 6.10 Å². The van der Waals surface area contributed by atoms with Crippen LogP contribution in [-0.2, 0) is 11.3 Å². The van der Waals surface area contributed by atoms with Crippen LogP contribution in [0.4, 0.5) is 0 Å². The first-order valence-electron chi connectivity index (χ1n) is 9.42. The number of aliphatic hydroxyl groups excluding tert-OH is 1. The third kappa shape index (κ3) is 8.56. The number of rotatable bonds is 14. The van der Waals surface area contributed by atoms with Gasteiger partial charge in [-0.1, -0.05) is 32.8 Å². The Kier molecular flexibility index (Phi) is 11.3. The van der Waals surface area contributed by atoms with Crippen molar-refractivity contribution in [2.45, 2.75) is 52.2 Å². The van der Waals surface area contributed by atoms with Gasteiger partial charge in [-0.15, -0.1) is 0 Å². The normalized spacial score (nSPS) is 13.5. The first kappa shape index (κ1) is 21.7. The lowest BCUT2D eigenvalue weighted by Gasteiger charge is -2.15. The van der Waals surface area contributed by atoms with Crippen LogP contribution in [0.1, 0.15) is 45.1 Å². The Balaban J connectivity index is 2.25. The average Bonchev–Trinajstić information content (AvgIpc) is 2.64. The molecule has 0 bridgehead atoms. The summed E-state index contributed by atoms with van der Waals surface area (Å²) >= 11 is 0. The highest BCUT2D eigenvalue weighted by Gasteiger charge is 2.11. The lowest BCUT2D eigenvalue weighted by Crippen LogP contribution is -2.87. The minimum Gasteiger partial charge on any atom is -0.493 e. The van der Waals surface area contributed by atoms with Crippen LogP contribution in [0.15, 0.2) is 18.2 Å². The molecule has 5 nitrogen and oxygen atoms in total. The lowest BCUT2D eigenvalue weighted by atomic mass is 9.99. The zero-order valence-corrected chi connectivity index (χ0v) is 16.3. The highest BCUT2D eigenvalue weighted by molar-refractivity contribution is 5.42. The van der Waals surface area contributed by atoms with Gasteiger partial charge in [0.15, 0.2) is 11.5 Å². The summed E-state index contributed by atoms with van der Waals surface area (Å²) in [7, 11) is 3.23. The van der Waals surface area contributed by atoms with Gasteiger partial charge in [-0.3, -0.25) is 0 Å². The maximum Gasteiger partial charge on any atom is 0.161 e. The van der Waals surface area contributed by atoms with E-state index >= 15 is 0 Å². The lowest BCUT2D eigenvalue weighted by molar-refractivity contribution is -0.667. The number of unbranched alkanes of at least 4 members (excludes halogenated alkanes) is 1. The van der Waals surface area contributed by atoms with Crippen molar-refractivity contribution in [3.05, 3.63) is 23.8 Å². The van der Waals surface area contributed by atoms with Gasteiger partial charge in [-0.05, 0) is 30.5 Å². The van der Waals surface area contributed by atoms with Crippen molar-refractivity contribution in [3.63, 3.8) is 0 Å². The highest BCUT2D eigenvalue weighted by atomic mass is 16.5. The summed E-state index contributed by atoms with van der Waals surface area (Å²) in [5.74, 6) is 2.14. The Morgan fingerprint density at radius 3 is 2.48 bits per heavy atom. The van der Waals surface area contributed by atoms with E-state index in [1.54, 1.807) is 14.2 Å². The first-order valence-corrected chi connectivity index (χ1v) is 9.42. The number of nitrogens with two attached hydrogens (primary N) is 1. The fraction of sp³-hybridized carbons (Fsp3) is 0.700. The molecule has 25 heavy (non-hydrogen) atoms. The number of ether oxygens (including phenoxy) is 3. The monoisotopic (exact) mass is 354 g/mol. The molecule has 5 heteroatoms. The van der Waals surface area contributed by atoms with Crippen LogP contribution in [0.25, 0.3) is 0 Å². The molecule has 0 radical (unpaired) electrons. The van der Waals surface area contributed by atoms with E-state index in [0.29, 0.717) is 31.3 Å². The number of aliphatic hydroxyl groups is 1. The molecule has 0 saturated heterocycles. The summed E-state index contributed by atoms with van der Waals surface area (Å²) in [5.41, 5.74) is 0.999. The SMILES string of the molecule is CCCC[C@H](CC)C[NH2+]C[C@H](O)COCc1ccc(OC)c(OC)c1. The van der Waals surface area contributed by atoms with E-state index in [2.05, 4.69) is 19.2 Å². The smallest absolute Gasteiger partial charge is 0.161 e. The summed E-state index contributed by atoms with van der Waals surface area (Å²) < 4.78 is 16.1. The molecule has 0 aliphatic rings. The predicted molar refractivity (Wildman–Crippen MR) is 100 cm³/mol. The molecule has 144 valence electrons. The van der Waals surface area contributed by atoms with Crippen molar-refractivity contribution >= 4 is 0 Å². The van der Waals surface area contributed by atoms with Crippen molar-refractivity contribution in [2.75, 3.05) is 33.9 Å². The summed E-state index contributed by atoms with van der Waals surface area (Å²) in [6, 6.07) is 5.71. The summed E-state index contributed by atoms with van der Waals surface area (Å²) in [5, 5.41) is 12.3. The summed E-state index contributed by atoms with van der Waals surface area (Å²) in [6.45, 7) is 7.05. The van der Waals surface area contributed by atoms with Crippen molar-refractivity contribution in [2.24, 2.45) is 5.92 Å². The van der Waals surface area contributed by atoms with Crippen LogP contribution in [0, 0.1) is 5.92 Å². The molecule has 1 rings (SSSR count). The van der Waals surface area contributed by atoms with Crippen LogP contribution >= 0.6 is 0 Å². The fourth-order valence-electron chi connectivity index (χ4n) is 2.86. The molecular formula is C20H36NO4+. The van der Waals surface area contributed by atoms with E-state index in [1.807, 2.05) is 18.2 Å². The van der Waals surface area contributed by atoms with E-state index in [-0.39, 0.29) is 0 Å². The molecular weight excluding hydrogens is 318 g/mol. The quantitative estimate of drug-likeness (QED) is 0.538. The molecule has 1 aromatic carbocycles. The third-order valence-corrected chi connectivity index (χ3v) is 4.51. The van der Waals surface area contributed by atoms with E-state index in [4.69, 9.17) is 14.2 Å². The molecule has 0 aromatic heterocycles. The van der Waals surface area contributed by atoms with Crippen LogP contribution in [0.3, 0.4) is 0 Å². The van der Waals surface area contributed by atoms with Gasteiger partial charge in [0.2, 0.25) is 0 Å². The standard InChI is InChI=1S/C20H35NO4/c1-5-7-8-16(6-2)12-21-13-18(22)15-25-14-17-9-10-19(23-3)20(11-17)24-4/h9-11,16,18,21-22H,5-8,12-15H2,1-4H3/p+1/t16-,18-/m0/s1. The summed E-state index contributed by atoms with van der Waals surface area (Å²) in [4.78, 5) is 0. The molecule has 0 aliphatic heterocycles. The van der Waals surface area contributed by atoms with E-state index in [0.717, 1.165) is 18.0 Å². The van der Waals surface area contributed by atoms with Gasteiger partial charge < -0.3 is 24.6 Å². The molecule has 0 aliphatic carbocycles. The first-order chi connectivity index (χ1) is 12.1. The molecule has 0 saturated carbocycles. The van der Waals surface area contributed by atoms with Crippen LogP contribution in [-0.4, -0.2) is 45.1 Å². The second-order valence-corrected chi connectivity index (χ2v) is 6.53. The van der Waals surface area contributed by atoms with Crippen LogP contribution < -0.4 is 14.8 Å². The van der Waals surface area contributed by atoms with Gasteiger partial charge >= 0.3 is 0 Å². The number of hydrogen-bond acceptors (Lipinski definition) is 4. The van der Waals surface area contributed by atoms with Crippen molar-refractivity contribution in [1.82, 2.24) is 0 Å². The number of benzene rings is 1. The average molecular weight is 355 g/mol. The fourth-order valence-corrected chi connectivity index (χ4v) is 2.86. The predicted octanol–water partition coefficient (Wildman–Crippen LogP) is 2.36. The maximum atomic E-state index is 10.1. The van der Waals surface area contributed by atoms with Crippen LogP contribution in [0.5, 0.6) is 11.5 Å². The number of hydrogen-bond donors (Lipinski definition) is 2.